The predicted molar refractivity (Wildman–Crippen MR) is 89.5 cm³/mol. The van der Waals surface area contributed by atoms with Crippen LogP contribution in [0.4, 0.5) is 0 Å². The van der Waals surface area contributed by atoms with Crippen molar-refractivity contribution in [3.05, 3.63) is 29.6 Å². The molecule has 1 aliphatic rings. The van der Waals surface area contributed by atoms with E-state index in [1.54, 1.807) is 13.1 Å². The minimum Gasteiger partial charge on any atom is -0.444 e. The number of carbonyl (C=O) groups is 1. The number of oxazole rings is 1. The summed E-state index contributed by atoms with van der Waals surface area (Å²) in [7, 11) is 0. The van der Waals surface area contributed by atoms with Crippen molar-refractivity contribution in [1.82, 2.24) is 24.9 Å². The zero-order chi connectivity index (χ0) is 17.8. The van der Waals surface area contributed by atoms with Crippen molar-refractivity contribution in [2.24, 2.45) is 0 Å². The van der Waals surface area contributed by atoms with E-state index in [9.17, 15) is 4.79 Å². The van der Waals surface area contributed by atoms with E-state index in [-0.39, 0.29) is 11.9 Å². The van der Waals surface area contributed by atoms with Crippen LogP contribution in [0.3, 0.4) is 0 Å². The maximum atomic E-state index is 12.1. The Morgan fingerprint density at radius 2 is 2.20 bits per heavy atom. The highest BCUT2D eigenvalue weighted by atomic mass is 16.5. The molecule has 3 rings (SSSR count). The lowest BCUT2D eigenvalue weighted by atomic mass is 10.2. The van der Waals surface area contributed by atoms with Crippen LogP contribution in [0.15, 0.2) is 15.1 Å². The number of hydrogen-bond donors (Lipinski definition) is 0. The molecule has 0 saturated carbocycles. The molecule has 8 nitrogen and oxygen atoms in total. The summed E-state index contributed by atoms with van der Waals surface area (Å²) < 4.78 is 10.8. The van der Waals surface area contributed by atoms with Crippen molar-refractivity contribution < 1.29 is 13.7 Å². The van der Waals surface area contributed by atoms with Crippen LogP contribution in [0.2, 0.25) is 0 Å². The van der Waals surface area contributed by atoms with Crippen LogP contribution in [0, 0.1) is 0 Å². The molecule has 1 atom stereocenters. The summed E-state index contributed by atoms with van der Waals surface area (Å²) in [4.78, 5) is 24.8. The van der Waals surface area contributed by atoms with Crippen LogP contribution >= 0.6 is 0 Å². The van der Waals surface area contributed by atoms with Gasteiger partial charge in [-0.25, -0.2) is 4.98 Å². The number of hydrogen-bond acceptors (Lipinski definition) is 7. The van der Waals surface area contributed by atoms with Gasteiger partial charge in [0.1, 0.15) is 5.76 Å². The molecule has 25 heavy (non-hydrogen) atoms. The third-order valence-corrected chi connectivity index (χ3v) is 4.53. The number of rotatable bonds is 7. The Balaban J connectivity index is 1.60. The largest absolute Gasteiger partial charge is 0.444 e. The van der Waals surface area contributed by atoms with Gasteiger partial charge in [-0.15, -0.1) is 0 Å². The molecule has 136 valence electrons. The van der Waals surface area contributed by atoms with Crippen LogP contribution in [0.5, 0.6) is 0 Å². The van der Waals surface area contributed by atoms with Crippen molar-refractivity contribution in [1.29, 1.82) is 0 Å². The maximum Gasteiger partial charge on any atom is 0.226 e. The molecule has 8 heteroatoms. The predicted octanol–water partition coefficient (Wildman–Crippen LogP) is 1.81. The molecule has 1 aliphatic heterocycles. The molecule has 0 aliphatic carbocycles. The first-order chi connectivity index (χ1) is 12.1. The quantitative estimate of drug-likeness (QED) is 0.754. The fourth-order valence-electron chi connectivity index (χ4n) is 3.13. The van der Waals surface area contributed by atoms with E-state index in [0.717, 1.165) is 37.6 Å². The Morgan fingerprint density at radius 3 is 2.84 bits per heavy atom. The van der Waals surface area contributed by atoms with Gasteiger partial charge >= 0.3 is 0 Å². The van der Waals surface area contributed by atoms with E-state index in [4.69, 9.17) is 8.94 Å². The van der Waals surface area contributed by atoms with E-state index in [1.807, 2.05) is 18.7 Å². The van der Waals surface area contributed by atoms with E-state index >= 15 is 0 Å². The van der Waals surface area contributed by atoms with E-state index in [1.165, 1.54) is 0 Å². The Hall–Kier alpha value is -2.22. The van der Waals surface area contributed by atoms with Crippen LogP contribution in [0.25, 0.3) is 0 Å². The Kier molecular flexibility index (Phi) is 5.47. The van der Waals surface area contributed by atoms with Crippen LogP contribution in [-0.2, 0) is 30.7 Å². The highest BCUT2D eigenvalue weighted by Crippen LogP contribution is 2.20. The summed E-state index contributed by atoms with van der Waals surface area (Å²) in [5.74, 6) is 2.82. The lowest BCUT2D eigenvalue weighted by Gasteiger charge is -2.26. The van der Waals surface area contributed by atoms with Gasteiger partial charge in [0, 0.05) is 38.9 Å². The first-order valence-electron chi connectivity index (χ1n) is 8.83. The third kappa shape index (κ3) is 4.25. The highest BCUT2D eigenvalue weighted by Gasteiger charge is 2.30. The molecule has 2 aromatic heterocycles. The lowest BCUT2D eigenvalue weighted by Crippen LogP contribution is -2.40. The third-order valence-electron chi connectivity index (χ3n) is 4.53. The van der Waals surface area contributed by atoms with Gasteiger partial charge in [0.2, 0.25) is 17.7 Å². The molecule has 0 spiro atoms. The topological polar surface area (TPSA) is 88.5 Å². The standard InChI is InChI=1S/C17H25N5O3/c1-4-14-8-18-17(24-14)11-21-7-6-13(9-21)22(12(3)23)10-15-19-16(5-2)25-20-15/h8,13H,4-7,9-11H2,1-3H3/t13-/m1/s1. The molecule has 0 aromatic carbocycles. The Bertz CT molecular complexity index is 711. The van der Waals surface area contributed by atoms with Crippen molar-refractivity contribution in [2.45, 2.75) is 59.2 Å². The van der Waals surface area contributed by atoms with E-state index < -0.39 is 0 Å². The van der Waals surface area contributed by atoms with Gasteiger partial charge in [0.25, 0.3) is 0 Å². The molecule has 1 amide bonds. The molecule has 2 aromatic rings. The average molecular weight is 347 g/mol. The number of amides is 1. The van der Waals surface area contributed by atoms with Gasteiger partial charge in [-0.3, -0.25) is 9.69 Å². The second kappa shape index (κ2) is 7.77. The minimum atomic E-state index is 0.0269. The molecule has 0 bridgehead atoms. The number of aromatic nitrogens is 3. The smallest absolute Gasteiger partial charge is 0.226 e. The van der Waals surface area contributed by atoms with Gasteiger partial charge in [0.05, 0.1) is 19.3 Å². The number of aryl methyl sites for hydroxylation is 2. The fourth-order valence-corrected chi connectivity index (χ4v) is 3.13. The first-order valence-corrected chi connectivity index (χ1v) is 8.83. The summed E-state index contributed by atoms with van der Waals surface area (Å²) in [5.41, 5.74) is 0. The number of carbonyl (C=O) groups excluding carboxylic acids is 1. The van der Waals surface area contributed by atoms with Gasteiger partial charge in [-0.05, 0) is 6.42 Å². The molecular weight excluding hydrogens is 322 g/mol. The van der Waals surface area contributed by atoms with E-state index in [2.05, 4.69) is 20.0 Å². The SMILES string of the molecule is CCc1cnc(CN2CC[C@@H](N(Cc3noc(CC)n3)C(C)=O)C2)o1. The summed E-state index contributed by atoms with van der Waals surface area (Å²) >= 11 is 0. The molecule has 0 N–H and O–H groups in total. The van der Waals surface area contributed by atoms with Gasteiger partial charge in [0.15, 0.2) is 5.82 Å². The normalized spacial score (nSPS) is 18.0. The monoisotopic (exact) mass is 347 g/mol. The second-order valence-electron chi connectivity index (χ2n) is 6.36. The zero-order valence-corrected chi connectivity index (χ0v) is 15.1. The number of likely N-dealkylation sites (tertiary alicyclic amines) is 1. The summed E-state index contributed by atoms with van der Waals surface area (Å²) in [6, 6.07) is 0.140. The minimum absolute atomic E-state index is 0.0269. The summed E-state index contributed by atoms with van der Waals surface area (Å²) in [6.07, 6.45) is 4.24. The second-order valence-corrected chi connectivity index (χ2v) is 6.36. The molecule has 0 radical (unpaired) electrons. The van der Waals surface area contributed by atoms with Crippen molar-refractivity contribution in [3.63, 3.8) is 0 Å². The summed E-state index contributed by atoms with van der Waals surface area (Å²) in [5, 5.41) is 3.96. The number of nitrogens with zero attached hydrogens (tertiary/aromatic N) is 5. The zero-order valence-electron chi connectivity index (χ0n) is 15.1. The molecule has 0 unspecified atom stereocenters. The molecule has 1 saturated heterocycles. The van der Waals surface area contributed by atoms with Crippen molar-refractivity contribution in [2.75, 3.05) is 13.1 Å². The van der Waals surface area contributed by atoms with Crippen molar-refractivity contribution >= 4 is 5.91 Å². The maximum absolute atomic E-state index is 12.1. The Labute approximate surface area is 147 Å². The average Bonchev–Trinajstić information content (AvgIpc) is 3.33. The van der Waals surface area contributed by atoms with Crippen LogP contribution in [0.1, 0.15) is 50.6 Å². The molecule has 1 fully saturated rings. The lowest BCUT2D eigenvalue weighted by molar-refractivity contribution is -0.131. The van der Waals surface area contributed by atoms with Crippen LogP contribution < -0.4 is 0 Å². The van der Waals surface area contributed by atoms with Gasteiger partial charge in [-0.1, -0.05) is 19.0 Å². The highest BCUT2D eigenvalue weighted by molar-refractivity contribution is 5.73. The Morgan fingerprint density at radius 1 is 1.36 bits per heavy atom. The first kappa shape index (κ1) is 17.6. The fraction of sp³-hybridized carbons (Fsp3) is 0.647. The molecule has 3 heterocycles. The summed E-state index contributed by atoms with van der Waals surface area (Å²) in [6.45, 7) is 8.35. The van der Waals surface area contributed by atoms with E-state index in [0.29, 0.717) is 31.2 Å². The van der Waals surface area contributed by atoms with Gasteiger partial charge < -0.3 is 13.8 Å². The van der Waals surface area contributed by atoms with Crippen LogP contribution in [-0.4, -0.2) is 50.0 Å². The molecular formula is C17H25N5O3. The van der Waals surface area contributed by atoms with Crippen molar-refractivity contribution in [3.8, 4) is 0 Å². The van der Waals surface area contributed by atoms with Gasteiger partial charge in [-0.2, -0.15) is 4.98 Å².